The van der Waals surface area contributed by atoms with Crippen molar-refractivity contribution in [2.45, 2.75) is 125 Å². The zero-order chi connectivity index (χ0) is 42.3. The summed E-state index contributed by atoms with van der Waals surface area (Å²) in [7, 11) is 10.5. The minimum atomic E-state index is -2.98. The third kappa shape index (κ3) is 21.8. The van der Waals surface area contributed by atoms with Gasteiger partial charge in [0, 0.05) is 88.5 Å². The van der Waals surface area contributed by atoms with E-state index in [-0.39, 0.29) is 20.9 Å². The van der Waals surface area contributed by atoms with Crippen LogP contribution < -0.4 is 0 Å². The Morgan fingerprint density at radius 2 is 0.895 bits per heavy atom. The standard InChI is InChI=1S/C33H74O9S12Si3/c1-12-34-55(35-13-2,36-14-3)30-26-29-43-49-50-44-31-33(32-27-24-23-25-28-32,47-51-53(45-21-10)56(37-15-4,38-16-5)39-17-6)48-52-54(46-22-11)57(40-18-7,41-19-8)42-20-9/h32H,12-31H2,1-11H3/q+2. The van der Waals surface area contributed by atoms with Crippen LogP contribution in [0.2, 0.25) is 6.04 Å². The molecule has 1 fully saturated rings. The molecule has 0 bridgehead atoms. The molecule has 0 saturated heterocycles. The zero-order valence-electron chi connectivity index (χ0n) is 36.3. The average Bonchev–Trinajstić information content (AvgIpc) is 3.19. The van der Waals surface area contributed by atoms with Gasteiger partial charge < -0.3 is 39.8 Å². The molecule has 0 spiro atoms. The van der Waals surface area contributed by atoms with Crippen molar-refractivity contribution in [3.8, 4) is 0 Å². The highest BCUT2D eigenvalue weighted by molar-refractivity contribution is 9.32. The van der Waals surface area contributed by atoms with Gasteiger partial charge in [-0.05, 0) is 129 Å². The second-order valence-electron chi connectivity index (χ2n) is 11.6. The predicted molar refractivity (Wildman–Crippen MR) is 282 cm³/mol. The third-order valence-corrected chi connectivity index (χ3v) is 57.9. The summed E-state index contributed by atoms with van der Waals surface area (Å²) in [5.41, 5.74) is 0. The lowest BCUT2D eigenvalue weighted by molar-refractivity contribution is 0.0712. The second kappa shape index (κ2) is 36.6. The van der Waals surface area contributed by atoms with E-state index in [1.807, 2.05) is 103 Å². The topological polar surface area (TPSA) is 83.1 Å². The molecule has 1 aliphatic rings. The van der Waals surface area contributed by atoms with Crippen molar-refractivity contribution in [3.05, 3.63) is 0 Å². The maximum atomic E-state index is 6.56. The lowest BCUT2D eigenvalue weighted by Gasteiger charge is -2.39. The molecule has 0 amide bonds. The van der Waals surface area contributed by atoms with Crippen molar-refractivity contribution < 1.29 is 39.8 Å². The van der Waals surface area contributed by atoms with Crippen LogP contribution in [-0.4, -0.2) is 111 Å². The summed E-state index contributed by atoms with van der Waals surface area (Å²) in [6.45, 7) is 28.2. The van der Waals surface area contributed by atoms with E-state index in [1.54, 1.807) is 0 Å². The molecule has 1 rings (SSSR count). The van der Waals surface area contributed by atoms with Gasteiger partial charge >= 0.3 is 24.7 Å². The molecular formula is C33H74O9S12Si3+2. The van der Waals surface area contributed by atoms with Crippen molar-refractivity contribution in [1.82, 2.24) is 0 Å². The highest BCUT2D eigenvalue weighted by atomic mass is 33.8. The summed E-state index contributed by atoms with van der Waals surface area (Å²) < 4.78 is 57.5. The maximum Gasteiger partial charge on any atom is 0.808 e. The first kappa shape index (κ1) is 59.5. The van der Waals surface area contributed by atoms with Crippen LogP contribution in [0.15, 0.2) is 0 Å². The first-order valence-corrected chi connectivity index (χ1v) is 43.3. The molecule has 0 heterocycles. The molecule has 2 atom stereocenters. The lowest BCUT2D eigenvalue weighted by atomic mass is 9.87. The first-order valence-electron chi connectivity index (χ1n) is 20.5. The number of hydrogen-bond acceptors (Lipinski definition) is 19. The first-order chi connectivity index (χ1) is 27.7. The number of rotatable bonds is 40. The van der Waals surface area contributed by atoms with Crippen LogP contribution in [0.3, 0.4) is 0 Å². The molecular weight excluding hydrogens is 1010 g/mol. The van der Waals surface area contributed by atoms with Crippen LogP contribution in [-0.2, 0) is 56.7 Å². The minimum absolute atomic E-state index is 0.0923. The molecule has 9 nitrogen and oxygen atoms in total. The molecule has 2 unspecified atom stereocenters. The summed E-state index contributed by atoms with van der Waals surface area (Å²) in [5, 5.41) is 0. The Morgan fingerprint density at radius 1 is 0.509 bits per heavy atom. The van der Waals surface area contributed by atoms with Gasteiger partial charge in [-0.15, -0.1) is 0 Å². The molecule has 1 aliphatic carbocycles. The molecule has 0 radical (unpaired) electrons. The maximum absolute atomic E-state index is 6.56. The van der Waals surface area contributed by atoms with E-state index in [0.29, 0.717) is 65.4 Å². The van der Waals surface area contributed by atoms with E-state index in [0.717, 1.165) is 35.5 Å². The van der Waals surface area contributed by atoms with Gasteiger partial charge in [-0.25, -0.2) is 0 Å². The highest BCUT2D eigenvalue weighted by Crippen LogP contribution is 2.65. The molecule has 0 aromatic carbocycles. The Bertz CT molecular complexity index is 873. The summed E-state index contributed by atoms with van der Waals surface area (Å²) in [6.07, 6.45) is 7.34. The fourth-order valence-electron chi connectivity index (χ4n) is 5.64. The van der Waals surface area contributed by atoms with Crippen molar-refractivity contribution in [2.75, 3.05) is 82.5 Å². The van der Waals surface area contributed by atoms with Gasteiger partial charge in [0.15, 0.2) is 36.5 Å². The quantitative estimate of drug-likeness (QED) is 0.0192. The monoisotopic (exact) mass is 1080 g/mol. The van der Waals surface area contributed by atoms with Crippen molar-refractivity contribution in [1.29, 1.82) is 0 Å². The molecule has 24 heteroatoms. The van der Waals surface area contributed by atoms with Gasteiger partial charge in [0.05, 0.1) is 21.6 Å². The Kier molecular flexibility index (Phi) is 38.2. The van der Waals surface area contributed by atoms with Gasteiger partial charge in [-0.2, -0.15) is 0 Å². The predicted octanol–water partition coefficient (Wildman–Crippen LogP) is 13.6. The minimum Gasteiger partial charge on any atom is -0.374 e. The van der Waals surface area contributed by atoms with Crippen LogP contribution >= 0.6 is 104 Å². The molecule has 0 N–H and O–H groups in total. The molecule has 0 aromatic rings. The fourth-order valence-corrected chi connectivity index (χ4v) is 60.3. The normalized spacial score (nSPS) is 16.9. The SMILES string of the molecule is CCO[Si](CCCSSSSCC(SS[S+](SCC)[Si](OCC)(OCC)OCC)(SS[S+](SCC)[Si](OCC)(OCC)OCC)C1CCCCC1)(OCC)OCC. The van der Waals surface area contributed by atoms with Crippen LogP contribution in [0.25, 0.3) is 0 Å². The van der Waals surface area contributed by atoms with Crippen LogP contribution in [0.1, 0.15) is 115 Å². The molecule has 1 saturated carbocycles. The van der Waals surface area contributed by atoms with E-state index in [4.69, 9.17) is 39.8 Å². The van der Waals surface area contributed by atoms with E-state index < -0.39 is 24.7 Å². The molecule has 342 valence electrons. The fraction of sp³-hybridized carbons (Fsp3) is 1.00. The van der Waals surface area contributed by atoms with Crippen molar-refractivity contribution >= 4 is 146 Å². The highest BCUT2D eigenvalue weighted by Gasteiger charge is 2.69. The third-order valence-electron chi connectivity index (χ3n) is 7.67. The van der Waals surface area contributed by atoms with E-state index in [9.17, 15) is 0 Å². The van der Waals surface area contributed by atoms with Crippen molar-refractivity contribution in [3.63, 3.8) is 0 Å². The van der Waals surface area contributed by atoms with Gasteiger partial charge in [0.25, 0.3) is 0 Å². The molecule has 0 aromatic heterocycles. The summed E-state index contributed by atoms with van der Waals surface area (Å²) in [5.74, 6) is 4.52. The van der Waals surface area contributed by atoms with Crippen molar-refractivity contribution in [2.24, 2.45) is 5.92 Å². The van der Waals surface area contributed by atoms with Gasteiger partial charge in [-0.1, -0.05) is 54.7 Å². The van der Waals surface area contributed by atoms with Gasteiger partial charge in [0.1, 0.15) is 4.08 Å². The van der Waals surface area contributed by atoms with E-state index in [2.05, 4.69) is 77.0 Å². The van der Waals surface area contributed by atoms with E-state index >= 15 is 0 Å². The lowest BCUT2D eigenvalue weighted by Crippen LogP contribution is -2.51. The van der Waals surface area contributed by atoms with Crippen LogP contribution in [0.5, 0.6) is 0 Å². The second-order valence-corrected chi connectivity index (χ2v) is 49.1. The Balaban J connectivity index is 3.47. The summed E-state index contributed by atoms with van der Waals surface area (Å²) >= 11 is 0. The van der Waals surface area contributed by atoms with Crippen LogP contribution in [0.4, 0.5) is 0 Å². The van der Waals surface area contributed by atoms with Crippen LogP contribution in [0, 0.1) is 5.92 Å². The molecule has 0 aliphatic heterocycles. The average molecular weight is 1080 g/mol. The Labute approximate surface area is 394 Å². The van der Waals surface area contributed by atoms with E-state index in [1.165, 1.54) is 32.1 Å². The Hall–Kier alpha value is 4.49. The number of hydrogen-bond donors (Lipinski definition) is 0. The zero-order valence-corrected chi connectivity index (χ0v) is 49.1. The summed E-state index contributed by atoms with van der Waals surface area (Å²) in [6, 6.07) is 0.849. The Morgan fingerprint density at radius 3 is 1.26 bits per heavy atom. The smallest absolute Gasteiger partial charge is 0.374 e. The molecule has 57 heavy (non-hydrogen) atoms. The summed E-state index contributed by atoms with van der Waals surface area (Å²) in [4.78, 5) is 0. The van der Waals surface area contributed by atoms with Gasteiger partial charge in [0.2, 0.25) is 0 Å². The largest absolute Gasteiger partial charge is 0.808 e. The van der Waals surface area contributed by atoms with Gasteiger partial charge in [-0.3, -0.25) is 0 Å².